The molecule has 0 atom stereocenters. The number of hydrogen-bond donors (Lipinski definition) is 1. The number of nitrogens with two attached hydrogens (primary N) is 1. The summed E-state index contributed by atoms with van der Waals surface area (Å²) in [4.78, 5) is 0. The highest BCUT2D eigenvalue weighted by Gasteiger charge is 2.01. The summed E-state index contributed by atoms with van der Waals surface area (Å²) in [6.45, 7) is 2.31. The quantitative estimate of drug-likeness (QED) is 0.717. The molecule has 0 saturated carbocycles. The summed E-state index contributed by atoms with van der Waals surface area (Å²) in [6, 6.07) is 19.8. The first-order valence-electron chi connectivity index (χ1n) is 7.60. The van der Waals surface area contributed by atoms with Gasteiger partial charge in [-0.1, -0.05) is 23.7 Å². The van der Waals surface area contributed by atoms with Gasteiger partial charge in [0.05, 0.1) is 6.26 Å². The van der Waals surface area contributed by atoms with Crippen molar-refractivity contribution >= 4 is 11.6 Å². The van der Waals surface area contributed by atoms with Crippen LogP contribution in [0, 0.1) is 0 Å². The van der Waals surface area contributed by atoms with Gasteiger partial charge in [-0.25, -0.2) is 0 Å². The molecule has 0 aliphatic rings. The molecule has 3 rings (SSSR count). The molecule has 0 spiro atoms. The lowest BCUT2D eigenvalue weighted by molar-refractivity contribution is -0.687. The van der Waals surface area contributed by atoms with Gasteiger partial charge in [0.15, 0.2) is 5.76 Å². The third-order valence-electron chi connectivity index (χ3n) is 3.55. The number of rotatable bonds is 7. The minimum absolute atomic E-state index is 0.543. The Morgan fingerprint density at radius 1 is 0.870 bits per heavy atom. The highest BCUT2D eigenvalue weighted by molar-refractivity contribution is 6.30. The van der Waals surface area contributed by atoms with Gasteiger partial charge in [0.1, 0.15) is 25.4 Å². The van der Waals surface area contributed by atoms with E-state index in [0.717, 1.165) is 35.2 Å². The first kappa shape index (κ1) is 15.7. The van der Waals surface area contributed by atoms with Crippen LogP contribution in [0.2, 0.25) is 5.02 Å². The highest BCUT2D eigenvalue weighted by atomic mass is 35.5. The monoisotopic (exact) mass is 328 g/mol. The third-order valence-corrected chi connectivity index (χ3v) is 3.80. The fourth-order valence-corrected chi connectivity index (χ4v) is 2.40. The van der Waals surface area contributed by atoms with Gasteiger partial charge in [0.25, 0.3) is 0 Å². The van der Waals surface area contributed by atoms with Crippen molar-refractivity contribution in [2.24, 2.45) is 0 Å². The van der Waals surface area contributed by atoms with E-state index in [1.54, 1.807) is 6.26 Å². The average Bonchev–Trinajstić information content (AvgIpc) is 3.09. The molecular weight excluding hydrogens is 310 g/mol. The van der Waals surface area contributed by atoms with Crippen molar-refractivity contribution in [3.8, 4) is 5.75 Å². The first-order valence-corrected chi connectivity index (χ1v) is 7.97. The molecule has 0 bridgehead atoms. The van der Waals surface area contributed by atoms with Gasteiger partial charge in [-0.2, -0.15) is 0 Å². The van der Waals surface area contributed by atoms with Gasteiger partial charge < -0.3 is 14.5 Å². The summed E-state index contributed by atoms with van der Waals surface area (Å²) in [5.74, 6) is 1.86. The van der Waals surface area contributed by atoms with Gasteiger partial charge in [-0.3, -0.25) is 0 Å². The lowest BCUT2D eigenvalue weighted by Gasteiger charge is -2.07. The Bertz CT molecular complexity index is 706. The Morgan fingerprint density at radius 3 is 2.30 bits per heavy atom. The minimum Gasteiger partial charge on any atom is -0.489 e. The Morgan fingerprint density at radius 2 is 1.61 bits per heavy atom. The van der Waals surface area contributed by atoms with E-state index in [1.165, 1.54) is 5.56 Å². The maximum Gasteiger partial charge on any atom is 0.157 e. The largest absolute Gasteiger partial charge is 0.489 e. The molecule has 0 fully saturated rings. The van der Waals surface area contributed by atoms with Crippen molar-refractivity contribution in [3.05, 3.63) is 88.8 Å². The molecule has 0 aliphatic heterocycles. The summed E-state index contributed by atoms with van der Waals surface area (Å²) >= 11 is 5.87. The molecule has 0 saturated heterocycles. The SMILES string of the molecule is Clc1ccc(COc2ccc(C[NH2+]Cc3ccco3)cc2)cc1. The molecule has 1 aromatic heterocycles. The number of hydrogen-bond acceptors (Lipinski definition) is 2. The van der Waals surface area contributed by atoms with Crippen molar-refractivity contribution in [2.45, 2.75) is 19.7 Å². The van der Waals surface area contributed by atoms with Crippen LogP contribution in [0.4, 0.5) is 0 Å². The van der Waals surface area contributed by atoms with Crippen LogP contribution in [-0.4, -0.2) is 0 Å². The predicted molar refractivity (Wildman–Crippen MR) is 90.3 cm³/mol. The van der Waals surface area contributed by atoms with Crippen LogP contribution in [0.1, 0.15) is 16.9 Å². The Labute approximate surface area is 140 Å². The van der Waals surface area contributed by atoms with E-state index in [2.05, 4.69) is 17.4 Å². The van der Waals surface area contributed by atoms with Gasteiger partial charge in [-0.05, 0) is 54.1 Å². The fourth-order valence-electron chi connectivity index (χ4n) is 2.28. The Hall–Kier alpha value is -2.23. The van der Waals surface area contributed by atoms with Crippen LogP contribution in [0.3, 0.4) is 0 Å². The van der Waals surface area contributed by atoms with Gasteiger partial charge >= 0.3 is 0 Å². The zero-order chi connectivity index (χ0) is 15.9. The van der Waals surface area contributed by atoms with E-state index >= 15 is 0 Å². The fraction of sp³-hybridized carbons (Fsp3) is 0.158. The highest BCUT2D eigenvalue weighted by Crippen LogP contribution is 2.15. The molecule has 2 N–H and O–H groups in total. The molecule has 0 unspecified atom stereocenters. The summed E-state index contributed by atoms with van der Waals surface area (Å²) in [5.41, 5.74) is 2.36. The Balaban J connectivity index is 1.45. The van der Waals surface area contributed by atoms with E-state index in [4.69, 9.17) is 20.8 Å². The molecule has 0 aliphatic carbocycles. The van der Waals surface area contributed by atoms with Crippen LogP contribution in [0.25, 0.3) is 0 Å². The van der Waals surface area contributed by atoms with Crippen LogP contribution >= 0.6 is 11.6 Å². The topological polar surface area (TPSA) is 39.0 Å². The molecular formula is C19H19ClNO2+. The van der Waals surface area contributed by atoms with Gasteiger partial charge in [-0.15, -0.1) is 0 Å². The zero-order valence-electron chi connectivity index (χ0n) is 12.7. The summed E-state index contributed by atoms with van der Waals surface area (Å²) in [7, 11) is 0. The Kier molecular flexibility index (Phi) is 5.35. The number of ether oxygens (including phenoxy) is 1. The lowest BCUT2D eigenvalue weighted by atomic mass is 10.2. The zero-order valence-corrected chi connectivity index (χ0v) is 13.5. The van der Waals surface area contributed by atoms with E-state index in [0.29, 0.717) is 6.61 Å². The average molecular weight is 329 g/mol. The first-order chi connectivity index (χ1) is 11.3. The number of quaternary nitrogens is 1. The van der Waals surface area contributed by atoms with Crippen LogP contribution in [0.15, 0.2) is 71.3 Å². The smallest absolute Gasteiger partial charge is 0.157 e. The van der Waals surface area contributed by atoms with Crippen LogP contribution in [0.5, 0.6) is 5.75 Å². The molecule has 118 valence electrons. The second-order valence-corrected chi connectivity index (χ2v) is 5.77. The summed E-state index contributed by atoms with van der Waals surface area (Å²) in [6.07, 6.45) is 1.70. The van der Waals surface area contributed by atoms with Crippen molar-refractivity contribution in [1.29, 1.82) is 0 Å². The van der Waals surface area contributed by atoms with E-state index in [-0.39, 0.29) is 0 Å². The number of furan rings is 1. The second-order valence-electron chi connectivity index (χ2n) is 5.34. The predicted octanol–water partition coefficient (Wildman–Crippen LogP) is 3.78. The maximum atomic E-state index is 5.87. The maximum absolute atomic E-state index is 5.87. The van der Waals surface area contributed by atoms with E-state index < -0.39 is 0 Å². The number of halogens is 1. The molecule has 4 heteroatoms. The lowest BCUT2D eigenvalue weighted by Crippen LogP contribution is -2.80. The van der Waals surface area contributed by atoms with Crippen LogP contribution in [-0.2, 0) is 19.7 Å². The molecule has 0 radical (unpaired) electrons. The second kappa shape index (κ2) is 7.86. The van der Waals surface area contributed by atoms with E-state index in [1.807, 2.05) is 48.5 Å². The van der Waals surface area contributed by atoms with Crippen molar-refractivity contribution < 1.29 is 14.5 Å². The molecule has 23 heavy (non-hydrogen) atoms. The van der Waals surface area contributed by atoms with Crippen molar-refractivity contribution in [3.63, 3.8) is 0 Å². The molecule has 3 nitrogen and oxygen atoms in total. The van der Waals surface area contributed by atoms with Crippen molar-refractivity contribution in [1.82, 2.24) is 0 Å². The molecule has 3 aromatic rings. The summed E-state index contributed by atoms with van der Waals surface area (Å²) in [5, 5.41) is 2.95. The molecule has 0 amide bonds. The van der Waals surface area contributed by atoms with E-state index in [9.17, 15) is 0 Å². The minimum atomic E-state index is 0.543. The molecule has 2 aromatic carbocycles. The van der Waals surface area contributed by atoms with Crippen molar-refractivity contribution in [2.75, 3.05) is 0 Å². The van der Waals surface area contributed by atoms with Gasteiger partial charge in [0, 0.05) is 10.6 Å². The normalized spacial score (nSPS) is 10.7. The van der Waals surface area contributed by atoms with Gasteiger partial charge in [0.2, 0.25) is 0 Å². The van der Waals surface area contributed by atoms with Crippen LogP contribution < -0.4 is 10.1 Å². The number of benzene rings is 2. The third kappa shape index (κ3) is 4.88. The molecule has 1 heterocycles. The summed E-state index contributed by atoms with van der Waals surface area (Å²) < 4.78 is 11.1. The standard InChI is InChI=1S/C19H18ClNO2/c20-17-7-3-16(4-8-17)14-23-18-9-5-15(6-10-18)12-21-13-19-2-1-11-22-19/h1-11,21H,12-14H2/p+1.